The zero-order chi connectivity index (χ0) is 14.5. The van der Waals surface area contributed by atoms with Gasteiger partial charge >= 0.3 is 0 Å². The number of aromatic nitrogens is 2. The van der Waals surface area contributed by atoms with Gasteiger partial charge in [-0.25, -0.2) is 0 Å². The lowest BCUT2D eigenvalue weighted by Gasteiger charge is -2.09. The fraction of sp³-hybridized carbons (Fsp3) is 0.0769. The van der Waals surface area contributed by atoms with Crippen molar-refractivity contribution in [2.75, 3.05) is 5.32 Å². The zero-order valence-corrected chi connectivity index (χ0v) is 11.4. The maximum absolute atomic E-state index is 11.8. The van der Waals surface area contributed by atoms with E-state index in [0.29, 0.717) is 11.3 Å². The van der Waals surface area contributed by atoms with Gasteiger partial charge in [-0.3, -0.25) is 14.8 Å². The highest BCUT2D eigenvalue weighted by Crippen LogP contribution is 2.13. The molecule has 2 N–H and O–H groups in total. The molecule has 1 aromatic carbocycles. The number of para-hydroxylation sites is 1. The molecule has 0 fully saturated rings. The van der Waals surface area contributed by atoms with E-state index in [0.717, 1.165) is 0 Å². The Bertz CT molecular complexity index is 701. The van der Waals surface area contributed by atoms with E-state index in [9.17, 15) is 4.79 Å². The van der Waals surface area contributed by atoms with Crippen molar-refractivity contribution in [1.29, 1.82) is 5.26 Å². The number of amides is 1. The monoisotopic (exact) mass is 285 g/mol. The van der Waals surface area contributed by atoms with Gasteiger partial charge in [0.15, 0.2) is 10.8 Å². The average Bonchev–Trinajstić information content (AvgIpc) is 2.86. The highest BCUT2D eigenvalue weighted by atomic mass is 32.1. The molecule has 0 aliphatic heterocycles. The fourth-order valence-electron chi connectivity index (χ4n) is 1.55. The Balaban J connectivity index is 2.03. The highest BCUT2D eigenvalue weighted by Gasteiger charge is 2.11. The lowest BCUT2D eigenvalue weighted by molar-refractivity contribution is 0.0972. The molecule has 0 atom stereocenters. The van der Waals surface area contributed by atoms with Gasteiger partial charge in [0.25, 0.3) is 5.91 Å². The summed E-state index contributed by atoms with van der Waals surface area (Å²) >= 11 is 5.04. The SMILES string of the molecule is Cn1ccc(C(=O)NC(=S)Nc2ccccc2C#N)n1. The van der Waals surface area contributed by atoms with Gasteiger partial charge < -0.3 is 5.32 Å². The molecule has 1 aromatic heterocycles. The van der Waals surface area contributed by atoms with Crippen molar-refractivity contribution in [2.45, 2.75) is 0 Å². The molecular weight excluding hydrogens is 274 g/mol. The van der Waals surface area contributed by atoms with Crippen molar-refractivity contribution in [3.63, 3.8) is 0 Å². The van der Waals surface area contributed by atoms with Crippen molar-refractivity contribution in [1.82, 2.24) is 15.1 Å². The van der Waals surface area contributed by atoms with E-state index in [1.807, 2.05) is 6.07 Å². The molecule has 2 rings (SSSR count). The van der Waals surface area contributed by atoms with E-state index >= 15 is 0 Å². The second-order valence-electron chi connectivity index (χ2n) is 3.94. The maximum Gasteiger partial charge on any atom is 0.277 e. The topological polar surface area (TPSA) is 82.7 Å². The number of carbonyl (C=O) groups is 1. The summed E-state index contributed by atoms with van der Waals surface area (Å²) in [6.45, 7) is 0. The van der Waals surface area contributed by atoms with Crippen LogP contribution in [0.3, 0.4) is 0 Å². The van der Waals surface area contributed by atoms with Crippen LogP contribution in [0.5, 0.6) is 0 Å². The molecule has 0 aliphatic rings. The molecule has 100 valence electrons. The number of hydrogen-bond acceptors (Lipinski definition) is 4. The lowest BCUT2D eigenvalue weighted by atomic mass is 10.2. The van der Waals surface area contributed by atoms with Crippen LogP contribution in [0.4, 0.5) is 5.69 Å². The molecule has 0 radical (unpaired) electrons. The van der Waals surface area contributed by atoms with Gasteiger partial charge in [0.2, 0.25) is 0 Å². The van der Waals surface area contributed by atoms with Crippen molar-refractivity contribution < 1.29 is 4.79 Å². The number of nitrogens with one attached hydrogen (secondary N) is 2. The molecule has 2 aromatic rings. The number of nitrogens with zero attached hydrogens (tertiary/aromatic N) is 3. The molecule has 0 spiro atoms. The third-order valence-electron chi connectivity index (χ3n) is 2.47. The summed E-state index contributed by atoms with van der Waals surface area (Å²) in [4.78, 5) is 11.8. The number of thiocarbonyl (C=S) groups is 1. The van der Waals surface area contributed by atoms with Gasteiger partial charge in [0, 0.05) is 13.2 Å². The third kappa shape index (κ3) is 3.18. The Morgan fingerprint density at radius 2 is 2.15 bits per heavy atom. The van der Waals surface area contributed by atoms with Crippen LogP contribution in [-0.4, -0.2) is 20.8 Å². The Hall–Kier alpha value is -2.72. The van der Waals surface area contributed by atoms with Crippen LogP contribution in [0.2, 0.25) is 0 Å². The second kappa shape index (κ2) is 5.95. The molecular formula is C13H11N5OS. The van der Waals surface area contributed by atoms with Gasteiger partial charge in [-0.1, -0.05) is 12.1 Å². The number of hydrogen-bond donors (Lipinski definition) is 2. The van der Waals surface area contributed by atoms with Gasteiger partial charge in [0.05, 0.1) is 11.3 Å². The first kappa shape index (κ1) is 13.7. The van der Waals surface area contributed by atoms with E-state index < -0.39 is 5.91 Å². The maximum atomic E-state index is 11.8. The smallest absolute Gasteiger partial charge is 0.277 e. The number of aryl methyl sites for hydroxylation is 1. The average molecular weight is 285 g/mol. The predicted octanol–water partition coefficient (Wildman–Crippen LogP) is 1.42. The quantitative estimate of drug-likeness (QED) is 0.815. The largest absolute Gasteiger partial charge is 0.331 e. The Morgan fingerprint density at radius 3 is 2.80 bits per heavy atom. The van der Waals surface area contributed by atoms with Crippen molar-refractivity contribution in [2.24, 2.45) is 7.05 Å². The number of anilines is 1. The first-order chi connectivity index (χ1) is 9.60. The Morgan fingerprint density at radius 1 is 1.40 bits per heavy atom. The number of rotatable bonds is 2. The number of benzene rings is 1. The molecule has 1 amide bonds. The van der Waals surface area contributed by atoms with E-state index in [1.54, 1.807) is 43.6 Å². The number of carbonyl (C=O) groups excluding carboxylic acids is 1. The lowest BCUT2D eigenvalue weighted by Crippen LogP contribution is -2.34. The summed E-state index contributed by atoms with van der Waals surface area (Å²) in [5, 5.41) is 18.4. The minimum atomic E-state index is -0.405. The Labute approximate surface area is 121 Å². The summed E-state index contributed by atoms with van der Waals surface area (Å²) in [5.41, 5.74) is 1.26. The second-order valence-corrected chi connectivity index (χ2v) is 4.35. The van der Waals surface area contributed by atoms with Gasteiger partial charge in [0.1, 0.15) is 6.07 Å². The van der Waals surface area contributed by atoms with Crippen LogP contribution in [0.1, 0.15) is 16.1 Å². The zero-order valence-electron chi connectivity index (χ0n) is 10.6. The molecule has 0 unspecified atom stereocenters. The molecule has 7 heteroatoms. The summed E-state index contributed by atoms with van der Waals surface area (Å²) in [5.74, 6) is -0.405. The molecule has 0 aliphatic carbocycles. The van der Waals surface area contributed by atoms with E-state index in [4.69, 9.17) is 17.5 Å². The number of nitriles is 1. The van der Waals surface area contributed by atoms with E-state index in [-0.39, 0.29) is 10.8 Å². The predicted molar refractivity (Wildman–Crippen MR) is 78.1 cm³/mol. The van der Waals surface area contributed by atoms with Crippen LogP contribution < -0.4 is 10.6 Å². The van der Waals surface area contributed by atoms with Crippen LogP contribution in [0.25, 0.3) is 0 Å². The molecule has 1 heterocycles. The van der Waals surface area contributed by atoms with Crippen LogP contribution >= 0.6 is 12.2 Å². The minimum Gasteiger partial charge on any atom is -0.331 e. The van der Waals surface area contributed by atoms with Gasteiger partial charge in [-0.15, -0.1) is 0 Å². The van der Waals surface area contributed by atoms with Crippen molar-refractivity contribution in [3.05, 3.63) is 47.8 Å². The molecule has 20 heavy (non-hydrogen) atoms. The van der Waals surface area contributed by atoms with Crippen LogP contribution in [0, 0.1) is 11.3 Å². The van der Waals surface area contributed by atoms with Crippen molar-refractivity contribution in [3.8, 4) is 6.07 Å². The highest BCUT2D eigenvalue weighted by molar-refractivity contribution is 7.80. The van der Waals surface area contributed by atoms with Crippen LogP contribution in [-0.2, 0) is 7.05 Å². The minimum absolute atomic E-state index is 0.114. The summed E-state index contributed by atoms with van der Waals surface area (Å²) in [6.07, 6.45) is 1.66. The van der Waals surface area contributed by atoms with Gasteiger partial charge in [-0.2, -0.15) is 10.4 Å². The van der Waals surface area contributed by atoms with E-state index in [2.05, 4.69) is 15.7 Å². The van der Waals surface area contributed by atoms with E-state index in [1.165, 1.54) is 4.68 Å². The molecule has 6 nitrogen and oxygen atoms in total. The Kier molecular flexibility index (Phi) is 4.08. The molecule has 0 saturated carbocycles. The standard InChI is InChI=1S/C13H11N5OS/c1-18-7-6-11(17-18)12(19)16-13(20)15-10-5-3-2-4-9(10)8-14/h2-7H,1H3,(H2,15,16,19,20). The van der Waals surface area contributed by atoms with Crippen LogP contribution in [0.15, 0.2) is 36.5 Å². The van der Waals surface area contributed by atoms with Gasteiger partial charge in [-0.05, 0) is 30.4 Å². The summed E-state index contributed by atoms with van der Waals surface area (Å²) in [7, 11) is 1.72. The fourth-order valence-corrected chi connectivity index (χ4v) is 1.75. The normalized spacial score (nSPS) is 9.60. The first-order valence-electron chi connectivity index (χ1n) is 5.71. The molecule has 0 saturated heterocycles. The third-order valence-corrected chi connectivity index (χ3v) is 2.67. The molecule has 0 bridgehead atoms. The summed E-state index contributed by atoms with van der Waals surface area (Å²) in [6, 6.07) is 10.5. The first-order valence-corrected chi connectivity index (χ1v) is 6.12. The summed E-state index contributed by atoms with van der Waals surface area (Å²) < 4.78 is 1.52. The van der Waals surface area contributed by atoms with Crippen molar-refractivity contribution >= 4 is 28.9 Å².